The molecule has 6 heterocycles. The normalized spacial score (nSPS) is 18.4. The highest BCUT2D eigenvalue weighted by molar-refractivity contribution is 5.97. The molecule has 1 fully saturated rings. The Balaban J connectivity index is 0.579. The zero-order chi connectivity index (χ0) is 58.9. The van der Waals surface area contributed by atoms with Crippen LogP contribution in [-0.4, -0.2) is 140 Å². The van der Waals surface area contributed by atoms with Gasteiger partial charge in [-0.05, 0) is 97.4 Å². The molecule has 0 radical (unpaired) electrons. The van der Waals surface area contributed by atoms with Crippen molar-refractivity contribution in [1.29, 1.82) is 0 Å². The number of aromatic nitrogens is 2. The minimum atomic E-state index is -2.03. The minimum absolute atomic E-state index is 0.0255. The molecule has 5 aliphatic rings. The molecule has 446 valence electrons. The van der Waals surface area contributed by atoms with Gasteiger partial charge in [0.25, 0.3) is 5.56 Å². The highest BCUT2D eigenvalue weighted by Crippen LogP contribution is 2.46. The van der Waals surface area contributed by atoms with Crippen LogP contribution in [0.3, 0.4) is 0 Å². The van der Waals surface area contributed by atoms with Gasteiger partial charge in [-0.15, -0.1) is 0 Å². The summed E-state index contributed by atoms with van der Waals surface area (Å²) >= 11 is 0. The molecule has 0 bridgehead atoms. The minimum Gasteiger partial charge on any atom is -0.458 e. The van der Waals surface area contributed by atoms with E-state index in [4.69, 9.17) is 33.4 Å². The van der Waals surface area contributed by atoms with E-state index in [9.17, 15) is 38.7 Å². The summed E-state index contributed by atoms with van der Waals surface area (Å²) in [5, 5.41) is 20.7. The van der Waals surface area contributed by atoms with Crippen molar-refractivity contribution in [2.24, 2.45) is 0 Å². The summed E-state index contributed by atoms with van der Waals surface area (Å²) in [5.74, 6) is -2.76. The Labute approximate surface area is 485 Å². The summed E-state index contributed by atoms with van der Waals surface area (Å²) in [5.41, 5.74) is 5.95. The number of aliphatic hydroxyl groups is 1. The van der Waals surface area contributed by atoms with E-state index in [1.54, 1.807) is 24.8 Å². The predicted molar refractivity (Wildman–Crippen MR) is 304 cm³/mol. The molecule has 5 amide bonds. The predicted octanol–water partition coefficient (Wildman–Crippen LogP) is 4.40. The van der Waals surface area contributed by atoms with Crippen molar-refractivity contribution in [3.05, 3.63) is 127 Å². The summed E-state index contributed by atoms with van der Waals surface area (Å²) in [6.45, 7) is 5.96. The van der Waals surface area contributed by atoms with Crippen molar-refractivity contribution in [2.45, 2.75) is 116 Å². The van der Waals surface area contributed by atoms with Gasteiger partial charge in [-0.2, -0.15) is 0 Å². The first-order valence-corrected chi connectivity index (χ1v) is 29.1. The third-order valence-corrected chi connectivity index (χ3v) is 16.5. The van der Waals surface area contributed by atoms with Gasteiger partial charge in [0.05, 0.1) is 101 Å². The molecule has 5 aromatic rings. The number of nitrogens with zero attached hydrogens (tertiary/aromatic N) is 4. The number of amides is 5. The number of anilines is 1. The van der Waals surface area contributed by atoms with Crippen LogP contribution in [0, 0.1) is 12.7 Å². The maximum Gasteiger partial charge on any atom is 0.343 e. The molecule has 0 saturated carbocycles. The first-order valence-electron chi connectivity index (χ1n) is 29.1. The Morgan fingerprint density at radius 2 is 1.45 bits per heavy atom. The summed E-state index contributed by atoms with van der Waals surface area (Å²) < 4.78 is 50.4. The maximum absolute atomic E-state index is 15.4. The number of aryl methyl sites for hydroxylation is 3. The molecule has 3 aromatic carbocycles. The fourth-order valence-corrected chi connectivity index (χ4v) is 12.0. The van der Waals surface area contributed by atoms with Crippen molar-refractivity contribution < 1.29 is 66.7 Å². The molecule has 2 aromatic heterocycles. The van der Waals surface area contributed by atoms with Crippen LogP contribution in [0.5, 0.6) is 0 Å². The van der Waals surface area contributed by atoms with Gasteiger partial charge in [0, 0.05) is 60.6 Å². The Bertz CT molecular complexity index is 3390. The van der Waals surface area contributed by atoms with E-state index < -0.39 is 41.1 Å². The number of likely N-dealkylation sites (tertiary alicyclic amines) is 1. The van der Waals surface area contributed by atoms with Crippen LogP contribution in [0.1, 0.15) is 108 Å². The van der Waals surface area contributed by atoms with Crippen molar-refractivity contribution >= 4 is 52.1 Å². The number of carbonyl (C=O) groups is 6. The number of benzene rings is 3. The number of nitrogens with one attached hydrogen (secondary N) is 3. The standard InChI is InChI=1S/C62H72FN7O14/c1-3-62(78)45-31-50-59-43(35-70(50)60(76)44(45)36-84-61(62)77)58-47(17-16-42-38(2)46(63)32-48(67-59)57(42)58)66-53(73)37-83-56-13-8-22-68(56)55(75)33-65-52(72)20-23-79-25-27-81-29-30-82-28-26-80-24-21-64-51(71)18-19-54(74)69-34-41-11-5-4-9-39(41)14-15-40-10-6-7-12-49(40)69/h4-7,9-12,31-32,47,56,78H,3,8,13-30,33-37H2,1-2H3,(H,64,71)(H,65,72)(H,66,73)/t47-,56?,62-/m0/s1. The van der Waals surface area contributed by atoms with Crippen LogP contribution < -0.4 is 26.4 Å². The number of pyridine rings is 2. The first kappa shape index (κ1) is 59.7. The number of rotatable bonds is 25. The van der Waals surface area contributed by atoms with Crippen LogP contribution >= 0.6 is 0 Å². The summed E-state index contributed by atoms with van der Waals surface area (Å²) in [6, 6.07) is 18.5. The lowest BCUT2D eigenvalue weighted by Crippen LogP contribution is -2.44. The summed E-state index contributed by atoms with van der Waals surface area (Å²) in [6.07, 6.45) is 3.23. The molecule has 1 unspecified atom stereocenters. The molecule has 10 rings (SSSR count). The molecule has 22 heteroatoms. The van der Waals surface area contributed by atoms with Gasteiger partial charge in [-0.1, -0.05) is 49.4 Å². The lowest BCUT2D eigenvalue weighted by atomic mass is 9.81. The number of fused-ring (bicyclic) bond motifs is 7. The number of cyclic esters (lactones) is 1. The van der Waals surface area contributed by atoms with Crippen LogP contribution in [-0.2, 0) is 102 Å². The molecule has 0 spiro atoms. The second kappa shape index (κ2) is 27.1. The van der Waals surface area contributed by atoms with Crippen LogP contribution in [0.2, 0.25) is 0 Å². The van der Waals surface area contributed by atoms with E-state index in [1.807, 2.05) is 30.3 Å². The number of hydrogen-bond donors (Lipinski definition) is 4. The quantitative estimate of drug-likeness (QED) is 0.0458. The zero-order valence-corrected chi connectivity index (χ0v) is 47.5. The smallest absolute Gasteiger partial charge is 0.343 e. The number of halogens is 1. The second-order valence-electron chi connectivity index (χ2n) is 21.7. The Hall–Kier alpha value is -7.47. The third-order valence-electron chi connectivity index (χ3n) is 16.5. The van der Waals surface area contributed by atoms with Crippen molar-refractivity contribution in [3.8, 4) is 11.4 Å². The molecule has 4 aliphatic heterocycles. The first-order chi connectivity index (χ1) is 40.7. The Morgan fingerprint density at radius 3 is 2.21 bits per heavy atom. The van der Waals surface area contributed by atoms with E-state index in [2.05, 4.69) is 34.1 Å². The SMILES string of the molecule is CC[C@@]1(O)C(=O)OCc2c1cc1n(c2=O)Cc2c-1nc1cc(F)c(C)c3c1c2[C@@H](NC(=O)COC1CCCN1C(=O)CNC(=O)CCOCCOCCOCCOCCNC(=O)CCC(=O)N1Cc2ccccc2CCc2ccccc21)CC3. The maximum atomic E-state index is 15.4. The average Bonchev–Trinajstić information content (AvgIpc) is 3.30. The van der Waals surface area contributed by atoms with E-state index >= 15 is 4.39 Å². The van der Waals surface area contributed by atoms with Crippen molar-refractivity contribution in [1.82, 2.24) is 30.4 Å². The van der Waals surface area contributed by atoms with Gasteiger partial charge in [-0.25, -0.2) is 14.2 Å². The Morgan fingerprint density at radius 1 is 0.762 bits per heavy atom. The highest BCUT2D eigenvalue weighted by Gasteiger charge is 2.46. The van der Waals surface area contributed by atoms with Crippen molar-refractivity contribution in [2.75, 3.05) is 84.0 Å². The van der Waals surface area contributed by atoms with Crippen LogP contribution in [0.4, 0.5) is 10.1 Å². The molecular formula is C62H72FN7O14. The molecule has 84 heavy (non-hydrogen) atoms. The van der Waals surface area contributed by atoms with Crippen LogP contribution in [0.25, 0.3) is 22.3 Å². The number of hydrogen-bond acceptors (Lipinski definition) is 15. The van der Waals surface area contributed by atoms with Gasteiger partial charge < -0.3 is 63.8 Å². The molecule has 4 N–H and O–H groups in total. The molecule has 21 nitrogen and oxygen atoms in total. The van der Waals surface area contributed by atoms with E-state index in [1.165, 1.54) is 21.1 Å². The monoisotopic (exact) mass is 1160 g/mol. The van der Waals surface area contributed by atoms with E-state index in [0.29, 0.717) is 117 Å². The van der Waals surface area contributed by atoms with Gasteiger partial charge in [-0.3, -0.25) is 28.8 Å². The second-order valence-corrected chi connectivity index (χ2v) is 21.7. The lowest BCUT2D eigenvalue weighted by Gasteiger charge is -2.31. The average molecular weight is 1160 g/mol. The van der Waals surface area contributed by atoms with Gasteiger partial charge in [0.1, 0.15) is 25.3 Å². The number of esters is 1. The molecular weight excluding hydrogens is 1090 g/mol. The fourth-order valence-electron chi connectivity index (χ4n) is 12.0. The molecule has 3 atom stereocenters. The Kier molecular flexibility index (Phi) is 19.2. The van der Waals surface area contributed by atoms with E-state index in [0.717, 1.165) is 35.2 Å². The highest BCUT2D eigenvalue weighted by atomic mass is 19.1. The van der Waals surface area contributed by atoms with Gasteiger partial charge in [0.15, 0.2) is 5.60 Å². The number of ether oxygens (including phenoxy) is 6. The zero-order valence-electron chi connectivity index (χ0n) is 47.5. The summed E-state index contributed by atoms with van der Waals surface area (Å²) in [4.78, 5) is 101. The topological polar surface area (TPSA) is 255 Å². The molecule has 1 aliphatic carbocycles. The third kappa shape index (κ3) is 13.1. The van der Waals surface area contributed by atoms with Crippen molar-refractivity contribution in [3.63, 3.8) is 0 Å². The lowest BCUT2D eigenvalue weighted by molar-refractivity contribution is -0.172. The number of carbonyl (C=O) groups excluding carboxylic acids is 6. The van der Waals surface area contributed by atoms with Crippen LogP contribution in [0.15, 0.2) is 65.5 Å². The van der Waals surface area contributed by atoms with E-state index in [-0.39, 0.29) is 107 Å². The summed E-state index contributed by atoms with van der Waals surface area (Å²) in [7, 11) is 0. The number of para-hydroxylation sites is 1. The van der Waals surface area contributed by atoms with Gasteiger partial charge >= 0.3 is 5.97 Å². The molecule has 1 saturated heterocycles. The fraction of sp³-hybridized carbons (Fsp3) is 0.484. The van der Waals surface area contributed by atoms with Gasteiger partial charge in [0.2, 0.25) is 29.5 Å². The largest absolute Gasteiger partial charge is 0.458 e.